The van der Waals surface area contributed by atoms with E-state index in [2.05, 4.69) is 0 Å². The highest BCUT2D eigenvalue weighted by Crippen LogP contribution is 2.24. The van der Waals surface area contributed by atoms with Gasteiger partial charge in [-0.15, -0.1) is 0 Å². The molecule has 0 aliphatic heterocycles. The molecular formula is C16H26N2O3S. The number of likely N-dealkylation sites (N-methyl/N-ethyl adjacent to an activating group) is 1. The maximum absolute atomic E-state index is 12.5. The number of hydrogen-bond donors (Lipinski definition) is 0. The molecule has 0 N–H and O–H groups in total. The number of aryl methyl sites for hydroxylation is 2. The third-order valence-electron chi connectivity index (χ3n) is 3.89. The van der Waals surface area contributed by atoms with Crippen molar-refractivity contribution in [1.29, 1.82) is 0 Å². The Hall–Kier alpha value is -1.56. The van der Waals surface area contributed by atoms with Crippen LogP contribution in [0.15, 0.2) is 18.2 Å². The van der Waals surface area contributed by atoms with Gasteiger partial charge in [0.25, 0.3) is 0 Å². The van der Waals surface area contributed by atoms with E-state index >= 15 is 0 Å². The van der Waals surface area contributed by atoms with Crippen LogP contribution in [0.4, 0.5) is 5.69 Å². The molecule has 22 heavy (non-hydrogen) atoms. The third kappa shape index (κ3) is 4.00. The Morgan fingerprint density at radius 1 is 1.14 bits per heavy atom. The lowest BCUT2D eigenvalue weighted by Crippen LogP contribution is -2.49. The number of hydrogen-bond acceptors (Lipinski definition) is 3. The molecule has 0 aliphatic carbocycles. The van der Waals surface area contributed by atoms with E-state index in [9.17, 15) is 13.2 Å². The lowest BCUT2D eigenvalue weighted by molar-refractivity contribution is -0.131. The average Bonchev–Trinajstić information content (AvgIpc) is 2.42. The van der Waals surface area contributed by atoms with Gasteiger partial charge in [0.2, 0.25) is 15.9 Å². The molecule has 5 nitrogen and oxygen atoms in total. The summed E-state index contributed by atoms with van der Waals surface area (Å²) >= 11 is 0. The molecule has 0 bridgehead atoms. The minimum Gasteiger partial charge on any atom is -0.341 e. The molecule has 1 amide bonds. The molecule has 1 aromatic carbocycles. The van der Waals surface area contributed by atoms with E-state index in [1.807, 2.05) is 39.8 Å². The summed E-state index contributed by atoms with van der Waals surface area (Å²) in [6.45, 7) is 10.4. The minimum absolute atomic E-state index is 0.186. The fourth-order valence-electron chi connectivity index (χ4n) is 2.46. The highest BCUT2D eigenvalue weighted by Gasteiger charge is 2.31. The minimum atomic E-state index is -3.56. The summed E-state index contributed by atoms with van der Waals surface area (Å²) in [5.74, 6) is -0.186. The van der Waals surface area contributed by atoms with Crippen molar-refractivity contribution in [3.63, 3.8) is 0 Å². The van der Waals surface area contributed by atoms with Crippen LogP contribution in [0.2, 0.25) is 0 Å². The van der Waals surface area contributed by atoms with Crippen molar-refractivity contribution in [3.05, 3.63) is 29.3 Å². The summed E-state index contributed by atoms with van der Waals surface area (Å²) in [7, 11) is -3.56. The van der Waals surface area contributed by atoms with Gasteiger partial charge in [0, 0.05) is 13.1 Å². The second-order valence-corrected chi connectivity index (χ2v) is 7.37. The van der Waals surface area contributed by atoms with Crippen molar-refractivity contribution in [2.45, 2.75) is 40.7 Å². The van der Waals surface area contributed by atoms with E-state index < -0.39 is 16.1 Å². The number of carbonyl (C=O) groups is 1. The summed E-state index contributed by atoms with van der Waals surface area (Å²) < 4.78 is 25.7. The molecule has 124 valence electrons. The van der Waals surface area contributed by atoms with E-state index in [0.717, 1.165) is 17.4 Å². The topological polar surface area (TPSA) is 57.7 Å². The van der Waals surface area contributed by atoms with Gasteiger partial charge in [-0.05, 0) is 57.9 Å². The van der Waals surface area contributed by atoms with E-state index in [-0.39, 0.29) is 5.91 Å². The molecular weight excluding hydrogens is 300 g/mol. The van der Waals surface area contributed by atoms with Crippen molar-refractivity contribution in [2.75, 3.05) is 23.7 Å². The molecule has 0 saturated heterocycles. The summed E-state index contributed by atoms with van der Waals surface area (Å²) in [5, 5.41) is 0. The van der Waals surface area contributed by atoms with Gasteiger partial charge in [-0.2, -0.15) is 0 Å². The zero-order valence-electron chi connectivity index (χ0n) is 14.3. The first kappa shape index (κ1) is 18.5. The van der Waals surface area contributed by atoms with Gasteiger partial charge in [0.1, 0.15) is 6.04 Å². The second-order valence-electron chi connectivity index (χ2n) is 5.51. The number of carbonyl (C=O) groups excluding carboxylic acids is 1. The number of rotatable bonds is 6. The first-order valence-electron chi connectivity index (χ1n) is 7.48. The maximum atomic E-state index is 12.5. The van der Waals surface area contributed by atoms with Crippen LogP contribution in [0.25, 0.3) is 0 Å². The highest BCUT2D eigenvalue weighted by atomic mass is 32.2. The Bertz CT molecular complexity index is 637. The molecule has 0 fully saturated rings. The zero-order chi connectivity index (χ0) is 17.1. The lowest BCUT2D eigenvalue weighted by Gasteiger charge is -2.32. The Morgan fingerprint density at radius 3 is 2.09 bits per heavy atom. The second kappa shape index (κ2) is 7.13. The molecule has 0 aliphatic rings. The third-order valence-corrected chi connectivity index (χ3v) is 5.13. The zero-order valence-corrected chi connectivity index (χ0v) is 15.1. The predicted molar refractivity (Wildman–Crippen MR) is 90.6 cm³/mol. The number of nitrogens with zero attached hydrogens (tertiary/aromatic N) is 2. The maximum Gasteiger partial charge on any atom is 0.246 e. The fraction of sp³-hybridized carbons (Fsp3) is 0.562. The fourth-order valence-corrected chi connectivity index (χ4v) is 3.63. The molecule has 0 saturated carbocycles. The summed E-state index contributed by atoms with van der Waals surface area (Å²) in [4.78, 5) is 14.2. The van der Waals surface area contributed by atoms with Crippen molar-refractivity contribution in [1.82, 2.24) is 4.90 Å². The van der Waals surface area contributed by atoms with Crippen molar-refractivity contribution in [3.8, 4) is 0 Å². The van der Waals surface area contributed by atoms with Gasteiger partial charge in [-0.3, -0.25) is 9.10 Å². The molecule has 6 heteroatoms. The van der Waals surface area contributed by atoms with Crippen LogP contribution in [0.5, 0.6) is 0 Å². The van der Waals surface area contributed by atoms with Crippen molar-refractivity contribution in [2.24, 2.45) is 0 Å². The highest BCUT2D eigenvalue weighted by molar-refractivity contribution is 7.92. The van der Waals surface area contributed by atoms with Crippen LogP contribution < -0.4 is 4.31 Å². The first-order chi connectivity index (χ1) is 10.1. The number of benzene rings is 1. The van der Waals surface area contributed by atoms with Crippen LogP contribution >= 0.6 is 0 Å². The predicted octanol–water partition coefficient (Wildman–Crippen LogP) is 2.33. The van der Waals surface area contributed by atoms with Gasteiger partial charge in [-0.25, -0.2) is 8.42 Å². The summed E-state index contributed by atoms with van der Waals surface area (Å²) in [5.41, 5.74) is 2.60. The van der Waals surface area contributed by atoms with Gasteiger partial charge < -0.3 is 4.90 Å². The van der Waals surface area contributed by atoms with Gasteiger partial charge in [0.15, 0.2) is 0 Å². The molecule has 0 heterocycles. The summed E-state index contributed by atoms with van der Waals surface area (Å²) in [6.07, 6.45) is 1.13. The quantitative estimate of drug-likeness (QED) is 0.806. The van der Waals surface area contributed by atoms with Crippen LogP contribution in [0.1, 0.15) is 31.9 Å². The number of sulfonamides is 1. The standard InChI is InChI=1S/C16H26N2O3S/c1-7-17(8-2)16(19)14(5)18(22(6,20)21)15-10-9-12(3)13(4)11-15/h9-11,14H,7-8H2,1-6H3/t14-/m0/s1. The summed E-state index contributed by atoms with van der Waals surface area (Å²) in [6, 6.07) is 4.66. The van der Waals surface area contributed by atoms with E-state index in [0.29, 0.717) is 18.8 Å². The lowest BCUT2D eigenvalue weighted by atomic mass is 10.1. The number of anilines is 1. The Morgan fingerprint density at radius 2 is 1.68 bits per heavy atom. The first-order valence-corrected chi connectivity index (χ1v) is 9.33. The van der Waals surface area contributed by atoms with E-state index in [1.54, 1.807) is 17.9 Å². The van der Waals surface area contributed by atoms with Gasteiger partial charge in [-0.1, -0.05) is 6.07 Å². The van der Waals surface area contributed by atoms with Crippen molar-refractivity contribution >= 4 is 21.6 Å². The average molecular weight is 326 g/mol. The molecule has 1 rings (SSSR count). The molecule has 0 unspecified atom stereocenters. The van der Waals surface area contributed by atoms with E-state index in [1.165, 1.54) is 4.31 Å². The van der Waals surface area contributed by atoms with Crippen LogP contribution in [0, 0.1) is 13.8 Å². The normalized spacial score (nSPS) is 12.8. The number of amides is 1. The SMILES string of the molecule is CCN(CC)C(=O)[C@H](C)N(c1ccc(C)c(C)c1)S(C)(=O)=O. The molecule has 1 atom stereocenters. The smallest absolute Gasteiger partial charge is 0.246 e. The van der Waals surface area contributed by atoms with Crippen molar-refractivity contribution < 1.29 is 13.2 Å². The molecule has 0 spiro atoms. The van der Waals surface area contributed by atoms with Crippen LogP contribution in [0.3, 0.4) is 0 Å². The Labute approximate surface area is 134 Å². The largest absolute Gasteiger partial charge is 0.341 e. The monoisotopic (exact) mass is 326 g/mol. The van der Waals surface area contributed by atoms with Crippen LogP contribution in [-0.2, 0) is 14.8 Å². The Kier molecular flexibility index (Phi) is 6.00. The van der Waals surface area contributed by atoms with Gasteiger partial charge in [0.05, 0.1) is 11.9 Å². The molecule has 0 aromatic heterocycles. The van der Waals surface area contributed by atoms with E-state index in [4.69, 9.17) is 0 Å². The molecule has 0 radical (unpaired) electrons. The molecule has 1 aromatic rings. The van der Waals surface area contributed by atoms with Crippen LogP contribution in [-0.4, -0.2) is 44.6 Å². The van der Waals surface area contributed by atoms with Gasteiger partial charge >= 0.3 is 0 Å². The Balaban J connectivity index is 3.30.